The molecule has 0 aliphatic heterocycles. The summed E-state index contributed by atoms with van der Waals surface area (Å²) in [6.07, 6.45) is 0. The van der Waals surface area contributed by atoms with E-state index in [1.165, 1.54) is 0 Å². The van der Waals surface area contributed by atoms with Crippen LogP contribution in [0.1, 0.15) is 15.9 Å². The first-order valence-electron chi connectivity index (χ1n) is 7.24. The van der Waals surface area contributed by atoms with Crippen molar-refractivity contribution < 1.29 is 9.53 Å². The van der Waals surface area contributed by atoms with Crippen molar-refractivity contribution in [2.24, 2.45) is 0 Å². The monoisotopic (exact) mass is 333 g/mol. The minimum Gasteiger partial charge on any atom is -0.423 e. The van der Waals surface area contributed by atoms with Crippen LogP contribution in [0.4, 0.5) is 0 Å². The maximum Gasteiger partial charge on any atom is 0.343 e. The fraction of sp³-hybridized carbons (Fsp3) is 0. The summed E-state index contributed by atoms with van der Waals surface area (Å²) in [5, 5.41) is 9.31. The second kappa shape index (κ2) is 6.99. The van der Waals surface area contributed by atoms with E-state index in [0.717, 1.165) is 11.1 Å². The zero-order valence-electron chi connectivity index (χ0n) is 12.6. The summed E-state index contributed by atoms with van der Waals surface area (Å²) in [4.78, 5) is 12.1. The Morgan fingerprint density at radius 3 is 2.12 bits per heavy atom. The Balaban J connectivity index is 1.74. The number of benzene rings is 3. The Morgan fingerprint density at radius 2 is 1.54 bits per heavy atom. The van der Waals surface area contributed by atoms with Gasteiger partial charge in [-0.2, -0.15) is 5.26 Å². The Bertz CT molecular complexity index is 910. The highest BCUT2D eigenvalue weighted by molar-refractivity contribution is 6.30. The molecule has 0 saturated heterocycles. The molecule has 0 atom stereocenters. The van der Waals surface area contributed by atoms with E-state index in [1.807, 2.05) is 24.3 Å². The van der Waals surface area contributed by atoms with Crippen LogP contribution >= 0.6 is 11.6 Å². The summed E-state index contributed by atoms with van der Waals surface area (Å²) < 4.78 is 5.34. The molecule has 0 N–H and O–H groups in total. The first-order chi connectivity index (χ1) is 11.7. The molecule has 0 radical (unpaired) electrons. The van der Waals surface area contributed by atoms with Gasteiger partial charge < -0.3 is 4.74 Å². The number of nitrogens with zero attached hydrogens (tertiary/aromatic N) is 1. The Kier molecular flexibility index (Phi) is 4.60. The molecule has 4 heteroatoms. The lowest BCUT2D eigenvalue weighted by molar-refractivity contribution is 0.0735. The quantitative estimate of drug-likeness (QED) is 0.495. The molecule has 0 aliphatic carbocycles. The largest absolute Gasteiger partial charge is 0.423 e. The number of nitriles is 1. The molecule has 3 aromatic carbocycles. The van der Waals surface area contributed by atoms with Crippen LogP contribution in [-0.2, 0) is 0 Å². The van der Waals surface area contributed by atoms with E-state index < -0.39 is 5.97 Å². The first kappa shape index (κ1) is 15.8. The molecular weight excluding hydrogens is 322 g/mol. The number of esters is 1. The predicted molar refractivity (Wildman–Crippen MR) is 93.0 cm³/mol. The number of carbonyl (C=O) groups excluding carboxylic acids is 1. The number of rotatable bonds is 3. The maximum absolute atomic E-state index is 12.1. The van der Waals surface area contributed by atoms with E-state index in [1.54, 1.807) is 48.5 Å². The van der Waals surface area contributed by atoms with Gasteiger partial charge in [0.25, 0.3) is 0 Å². The third-order valence-corrected chi connectivity index (χ3v) is 3.71. The molecule has 3 rings (SSSR count). The van der Waals surface area contributed by atoms with E-state index in [0.29, 0.717) is 21.9 Å². The van der Waals surface area contributed by atoms with Gasteiger partial charge in [0.1, 0.15) is 5.75 Å². The summed E-state index contributed by atoms with van der Waals surface area (Å²) in [7, 11) is 0. The van der Waals surface area contributed by atoms with E-state index in [2.05, 4.69) is 6.07 Å². The van der Waals surface area contributed by atoms with Crippen LogP contribution in [0.25, 0.3) is 11.1 Å². The van der Waals surface area contributed by atoms with Crippen LogP contribution in [-0.4, -0.2) is 5.97 Å². The van der Waals surface area contributed by atoms with Crippen LogP contribution < -0.4 is 4.74 Å². The molecule has 0 aromatic heterocycles. The van der Waals surface area contributed by atoms with Crippen LogP contribution in [0.15, 0.2) is 72.8 Å². The topological polar surface area (TPSA) is 50.1 Å². The SMILES string of the molecule is N#Cc1ccc(-c2ccc(OC(=O)c3cccc(Cl)c3)cc2)cc1. The lowest BCUT2D eigenvalue weighted by Gasteiger charge is -2.06. The van der Waals surface area contributed by atoms with E-state index in [4.69, 9.17) is 21.6 Å². The van der Waals surface area contributed by atoms with E-state index in [9.17, 15) is 4.79 Å². The molecule has 3 nitrogen and oxygen atoms in total. The molecule has 0 spiro atoms. The van der Waals surface area contributed by atoms with Crippen molar-refractivity contribution in [2.45, 2.75) is 0 Å². The van der Waals surface area contributed by atoms with E-state index in [-0.39, 0.29) is 0 Å². The zero-order valence-corrected chi connectivity index (χ0v) is 13.3. The molecule has 0 unspecified atom stereocenters. The van der Waals surface area contributed by atoms with Gasteiger partial charge in [-0.05, 0) is 53.6 Å². The highest BCUT2D eigenvalue weighted by Crippen LogP contribution is 2.23. The molecule has 0 bridgehead atoms. The minimum absolute atomic E-state index is 0.402. The summed E-state index contributed by atoms with van der Waals surface area (Å²) in [5.74, 6) is 0.000920. The average molecular weight is 334 g/mol. The summed E-state index contributed by atoms with van der Waals surface area (Å²) in [6, 6.07) is 23.2. The second-order valence-corrected chi connectivity index (χ2v) is 5.55. The number of carbonyl (C=O) groups is 1. The number of hydrogen-bond acceptors (Lipinski definition) is 3. The van der Waals surface area contributed by atoms with Crippen LogP contribution in [0.5, 0.6) is 5.75 Å². The zero-order chi connectivity index (χ0) is 16.9. The highest BCUT2D eigenvalue weighted by atomic mass is 35.5. The smallest absolute Gasteiger partial charge is 0.343 e. The van der Waals surface area contributed by atoms with Gasteiger partial charge in [0.15, 0.2) is 0 Å². The second-order valence-electron chi connectivity index (χ2n) is 5.11. The third kappa shape index (κ3) is 3.62. The lowest BCUT2D eigenvalue weighted by Crippen LogP contribution is -2.08. The van der Waals surface area contributed by atoms with Gasteiger partial charge in [0.2, 0.25) is 0 Å². The third-order valence-electron chi connectivity index (χ3n) is 3.47. The molecule has 24 heavy (non-hydrogen) atoms. The molecule has 0 aliphatic rings. The fourth-order valence-electron chi connectivity index (χ4n) is 2.23. The van der Waals surface area contributed by atoms with Gasteiger partial charge in [-0.15, -0.1) is 0 Å². The first-order valence-corrected chi connectivity index (χ1v) is 7.62. The Labute approximate surface area is 144 Å². The molecule has 0 amide bonds. The number of halogens is 1. The molecule has 116 valence electrons. The minimum atomic E-state index is -0.455. The van der Waals surface area contributed by atoms with Gasteiger partial charge in [-0.25, -0.2) is 4.79 Å². The Morgan fingerprint density at radius 1 is 0.917 bits per heavy atom. The Hall–Kier alpha value is -3.09. The van der Waals surface area contributed by atoms with Crippen molar-refractivity contribution in [1.29, 1.82) is 5.26 Å². The van der Waals surface area contributed by atoms with Gasteiger partial charge in [-0.3, -0.25) is 0 Å². The van der Waals surface area contributed by atoms with Crippen LogP contribution in [0.3, 0.4) is 0 Å². The average Bonchev–Trinajstić information content (AvgIpc) is 2.62. The van der Waals surface area contributed by atoms with Gasteiger partial charge in [0.05, 0.1) is 17.2 Å². The normalized spacial score (nSPS) is 10.0. The molecule has 0 fully saturated rings. The van der Waals surface area contributed by atoms with Crippen molar-refractivity contribution in [1.82, 2.24) is 0 Å². The standard InChI is InChI=1S/C20H12ClNO2/c21-18-3-1-2-17(12-18)20(23)24-19-10-8-16(9-11-19)15-6-4-14(13-22)5-7-15/h1-12H. The van der Waals surface area contributed by atoms with Gasteiger partial charge in [0, 0.05) is 5.02 Å². The van der Waals surface area contributed by atoms with Gasteiger partial charge >= 0.3 is 5.97 Å². The lowest BCUT2D eigenvalue weighted by atomic mass is 10.0. The molecule has 3 aromatic rings. The van der Waals surface area contributed by atoms with Crippen molar-refractivity contribution in [3.05, 3.63) is 88.9 Å². The van der Waals surface area contributed by atoms with Crippen LogP contribution in [0, 0.1) is 11.3 Å². The summed E-state index contributed by atoms with van der Waals surface area (Å²) in [6.45, 7) is 0. The van der Waals surface area contributed by atoms with Gasteiger partial charge in [-0.1, -0.05) is 41.9 Å². The van der Waals surface area contributed by atoms with Crippen molar-refractivity contribution in [2.75, 3.05) is 0 Å². The van der Waals surface area contributed by atoms with Crippen molar-refractivity contribution in [3.63, 3.8) is 0 Å². The molecule has 0 saturated carbocycles. The maximum atomic E-state index is 12.1. The summed E-state index contributed by atoms with van der Waals surface area (Å²) >= 11 is 5.87. The number of ether oxygens (including phenoxy) is 1. The number of hydrogen-bond donors (Lipinski definition) is 0. The molecule has 0 heterocycles. The highest BCUT2D eigenvalue weighted by Gasteiger charge is 2.09. The predicted octanol–water partition coefficient (Wildman–Crippen LogP) is 5.10. The van der Waals surface area contributed by atoms with E-state index >= 15 is 0 Å². The fourth-order valence-corrected chi connectivity index (χ4v) is 2.42. The van der Waals surface area contributed by atoms with Crippen LogP contribution in [0.2, 0.25) is 5.02 Å². The van der Waals surface area contributed by atoms with Crippen molar-refractivity contribution in [3.8, 4) is 22.9 Å². The van der Waals surface area contributed by atoms with Crippen molar-refractivity contribution >= 4 is 17.6 Å². The summed E-state index contributed by atoms with van der Waals surface area (Å²) in [5.41, 5.74) is 2.98. The molecular formula is C20H12ClNO2.